The SMILES string of the molecule is C=CCOC12Oc3ccc(Oc4ccc5ccccc5c4)cc3C3C(CCCCO)C(CCCCO)C=C(C(=NOCc4ccccc4)CC1N(CCC)C(=O)OC)C32. The van der Waals surface area contributed by atoms with Crippen molar-refractivity contribution in [2.24, 2.45) is 22.9 Å². The van der Waals surface area contributed by atoms with E-state index in [0.717, 1.165) is 64.6 Å². The van der Waals surface area contributed by atoms with E-state index in [9.17, 15) is 15.0 Å². The number of carbonyl (C=O) groups excluding carboxylic acids is 1. The van der Waals surface area contributed by atoms with Crippen molar-refractivity contribution in [1.82, 2.24) is 4.90 Å². The second-order valence-electron chi connectivity index (χ2n) is 15.8. The van der Waals surface area contributed by atoms with Gasteiger partial charge in [0.05, 0.1) is 25.3 Å². The van der Waals surface area contributed by atoms with Crippen LogP contribution in [0.1, 0.15) is 75.3 Å². The molecular formula is C49H58N2O8. The zero-order valence-electron chi connectivity index (χ0n) is 34.3. The summed E-state index contributed by atoms with van der Waals surface area (Å²) in [6.07, 6.45) is 9.30. The van der Waals surface area contributed by atoms with Crippen LogP contribution in [0.3, 0.4) is 0 Å². The Morgan fingerprint density at radius 2 is 1.66 bits per heavy atom. The van der Waals surface area contributed by atoms with Gasteiger partial charge in [-0.05, 0) is 96.2 Å². The first-order chi connectivity index (χ1) is 28.9. The van der Waals surface area contributed by atoms with Gasteiger partial charge in [-0.25, -0.2) is 4.79 Å². The van der Waals surface area contributed by atoms with E-state index in [1.807, 2.05) is 67.6 Å². The molecule has 1 aliphatic heterocycles. The van der Waals surface area contributed by atoms with E-state index in [2.05, 4.69) is 43.0 Å². The maximum absolute atomic E-state index is 13.9. The zero-order chi connectivity index (χ0) is 41.2. The van der Waals surface area contributed by atoms with Gasteiger partial charge in [-0.3, -0.25) is 4.90 Å². The molecule has 0 radical (unpaired) electrons. The lowest BCUT2D eigenvalue weighted by molar-refractivity contribution is -0.255. The number of amides is 1. The number of hydrogen-bond acceptors (Lipinski definition) is 9. The molecule has 2 N–H and O–H groups in total. The number of methoxy groups -OCH3 is 1. The quantitative estimate of drug-likeness (QED) is 0.0547. The molecule has 0 aromatic heterocycles. The van der Waals surface area contributed by atoms with Crippen molar-refractivity contribution in [3.8, 4) is 17.2 Å². The van der Waals surface area contributed by atoms with Gasteiger partial charge in [0.25, 0.3) is 0 Å². The summed E-state index contributed by atoms with van der Waals surface area (Å²) in [4.78, 5) is 21.8. The summed E-state index contributed by atoms with van der Waals surface area (Å²) in [7, 11) is 1.40. The van der Waals surface area contributed by atoms with E-state index in [4.69, 9.17) is 28.9 Å². The molecule has 0 spiro atoms. The maximum Gasteiger partial charge on any atom is 0.409 e. The van der Waals surface area contributed by atoms with Crippen molar-refractivity contribution in [3.05, 3.63) is 126 Å². The molecule has 1 saturated carbocycles. The summed E-state index contributed by atoms with van der Waals surface area (Å²) in [6.45, 7) is 7.15. The van der Waals surface area contributed by atoms with Crippen LogP contribution in [0.15, 0.2) is 120 Å². The monoisotopic (exact) mass is 802 g/mol. The van der Waals surface area contributed by atoms with Crippen LogP contribution in [0.4, 0.5) is 4.79 Å². The molecule has 0 bridgehead atoms. The van der Waals surface area contributed by atoms with Gasteiger partial charge in [0.1, 0.15) is 29.9 Å². The fraction of sp³-hybridized carbons (Fsp3) is 0.429. The molecular weight excluding hydrogens is 745 g/mol. The Morgan fingerprint density at radius 3 is 2.41 bits per heavy atom. The molecule has 1 heterocycles. The van der Waals surface area contributed by atoms with Crippen LogP contribution in [-0.4, -0.2) is 72.2 Å². The Hall–Kier alpha value is -5.16. The van der Waals surface area contributed by atoms with Crippen molar-refractivity contribution in [2.75, 3.05) is 33.5 Å². The summed E-state index contributed by atoms with van der Waals surface area (Å²) in [5.41, 5.74) is 3.69. The van der Waals surface area contributed by atoms with Gasteiger partial charge in [0, 0.05) is 37.7 Å². The van der Waals surface area contributed by atoms with Crippen LogP contribution in [0, 0.1) is 17.8 Å². The molecule has 6 unspecified atom stereocenters. The molecule has 312 valence electrons. The fourth-order valence-corrected chi connectivity index (χ4v) is 9.57. The number of oxime groups is 1. The Labute approximate surface area is 348 Å². The third-order valence-corrected chi connectivity index (χ3v) is 12.1. The summed E-state index contributed by atoms with van der Waals surface area (Å²) in [5.74, 6) is 0.298. The van der Waals surface area contributed by atoms with Crippen LogP contribution in [0.25, 0.3) is 10.8 Å². The minimum Gasteiger partial charge on any atom is -0.459 e. The van der Waals surface area contributed by atoms with Crippen molar-refractivity contribution >= 4 is 22.6 Å². The molecule has 6 atom stereocenters. The number of ether oxygens (including phenoxy) is 4. The molecule has 1 fully saturated rings. The normalized spacial score (nSPS) is 23.7. The number of unbranched alkanes of at least 4 members (excludes halogenated alkanes) is 2. The highest BCUT2D eigenvalue weighted by molar-refractivity contribution is 6.03. The zero-order valence-corrected chi connectivity index (χ0v) is 34.3. The highest BCUT2D eigenvalue weighted by Crippen LogP contribution is 2.62. The van der Waals surface area contributed by atoms with E-state index in [-0.39, 0.29) is 44.2 Å². The minimum atomic E-state index is -1.36. The topological polar surface area (TPSA) is 119 Å². The highest BCUT2D eigenvalue weighted by Gasteiger charge is 2.65. The van der Waals surface area contributed by atoms with Gasteiger partial charge in [-0.1, -0.05) is 97.7 Å². The largest absolute Gasteiger partial charge is 0.459 e. The molecule has 3 aliphatic rings. The average molecular weight is 803 g/mol. The van der Waals surface area contributed by atoms with Gasteiger partial charge in [0.15, 0.2) is 0 Å². The number of hydrogen-bond donors (Lipinski definition) is 2. The molecule has 4 aromatic carbocycles. The highest BCUT2D eigenvalue weighted by atomic mass is 16.7. The predicted molar refractivity (Wildman–Crippen MR) is 230 cm³/mol. The Kier molecular flexibility index (Phi) is 14.0. The van der Waals surface area contributed by atoms with E-state index in [1.54, 1.807) is 11.0 Å². The summed E-state index contributed by atoms with van der Waals surface area (Å²) < 4.78 is 26.4. The van der Waals surface area contributed by atoms with Crippen LogP contribution >= 0.6 is 0 Å². The Balaban J connectivity index is 1.42. The van der Waals surface area contributed by atoms with Crippen LogP contribution in [0.5, 0.6) is 17.2 Å². The van der Waals surface area contributed by atoms with Crippen molar-refractivity contribution in [2.45, 2.75) is 82.6 Å². The first-order valence-corrected chi connectivity index (χ1v) is 21.2. The molecule has 10 nitrogen and oxygen atoms in total. The lowest BCUT2D eigenvalue weighted by atomic mass is 9.55. The summed E-state index contributed by atoms with van der Waals surface area (Å²) in [6, 6.07) is 29.6. The maximum atomic E-state index is 13.9. The smallest absolute Gasteiger partial charge is 0.409 e. The van der Waals surface area contributed by atoms with Gasteiger partial charge < -0.3 is 34.0 Å². The molecule has 0 saturated heterocycles. The van der Waals surface area contributed by atoms with E-state index in [0.29, 0.717) is 43.7 Å². The molecule has 59 heavy (non-hydrogen) atoms. The van der Waals surface area contributed by atoms with Crippen molar-refractivity contribution in [1.29, 1.82) is 0 Å². The summed E-state index contributed by atoms with van der Waals surface area (Å²) in [5, 5.41) is 27.0. The van der Waals surface area contributed by atoms with E-state index in [1.165, 1.54) is 7.11 Å². The molecule has 7 rings (SSSR count). The summed E-state index contributed by atoms with van der Waals surface area (Å²) >= 11 is 0. The number of benzene rings is 4. The van der Waals surface area contributed by atoms with E-state index >= 15 is 0 Å². The minimum absolute atomic E-state index is 0.0854. The molecule has 10 heteroatoms. The van der Waals surface area contributed by atoms with Crippen LogP contribution in [0.2, 0.25) is 0 Å². The second-order valence-corrected chi connectivity index (χ2v) is 15.8. The second kappa shape index (κ2) is 19.7. The number of allylic oxidation sites excluding steroid dienone is 1. The van der Waals surface area contributed by atoms with Gasteiger partial charge in [0.2, 0.25) is 5.79 Å². The first-order valence-electron chi connectivity index (χ1n) is 21.2. The molecule has 4 aromatic rings. The number of carbonyl (C=O) groups is 1. The first kappa shape index (κ1) is 42.0. The number of nitrogens with zero attached hydrogens (tertiary/aromatic N) is 2. The lowest BCUT2D eigenvalue weighted by Gasteiger charge is -2.59. The van der Waals surface area contributed by atoms with Gasteiger partial charge in [-0.2, -0.15) is 0 Å². The predicted octanol–water partition coefficient (Wildman–Crippen LogP) is 9.94. The van der Waals surface area contributed by atoms with Crippen LogP contribution in [-0.2, 0) is 20.9 Å². The van der Waals surface area contributed by atoms with Crippen molar-refractivity contribution < 1.29 is 38.8 Å². The number of fused-ring (bicyclic) bond motifs is 3. The Bertz CT molecular complexity index is 2100. The lowest BCUT2D eigenvalue weighted by Crippen LogP contribution is -2.70. The number of aliphatic hydroxyl groups excluding tert-OH is 2. The van der Waals surface area contributed by atoms with E-state index < -0.39 is 23.8 Å². The van der Waals surface area contributed by atoms with Crippen LogP contribution < -0.4 is 9.47 Å². The third kappa shape index (κ3) is 9.05. The number of aliphatic hydroxyl groups is 2. The Morgan fingerprint density at radius 1 is 0.932 bits per heavy atom. The molecule has 2 aliphatic carbocycles. The van der Waals surface area contributed by atoms with Gasteiger partial charge in [-0.15, -0.1) is 6.58 Å². The van der Waals surface area contributed by atoms with Gasteiger partial charge >= 0.3 is 6.09 Å². The number of rotatable bonds is 19. The fourth-order valence-electron chi connectivity index (χ4n) is 9.57. The standard InChI is InChI=1S/C49H58N2O8/c1-4-25-51(48(54)55-3)45-32-43(50-57-33-34-15-7-6-8-16-34)41-30-37(19-11-13-26-52)40(20-12-14-27-53)46-42-31-39(58-38-22-21-35-17-9-10-18-36(35)29-38)23-24-44(42)59-49(45,47(41)46)56-28-5-2/h5-10,15-18,21-24,29-31,37,40,45-47,52-53H,2,4,11-14,19-20,25-28,32-33H2,1,3H3. The van der Waals surface area contributed by atoms with Crippen molar-refractivity contribution in [3.63, 3.8) is 0 Å². The third-order valence-electron chi connectivity index (χ3n) is 12.1. The molecule has 1 amide bonds. The average Bonchev–Trinajstić information content (AvgIpc) is 3.26.